The van der Waals surface area contributed by atoms with Crippen LogP contribution in [0.2, 0.25) is 19.6 Å². The van der Waals surface area contributed by atoms with Crippen LogP contribution in [-0.4, -0.2) is 31.3 Å². The zero-order chi connectivity index (χ0) is 18.4. The molecule has 0 saturated carbocycles. The molecule has 0 unspecified atom stereocenters. The Bertz CT molecular complexity index is 508. The smallest absolute Gasteiger partial charge is 0.129 e. The highest BCUT2D eigenvalue weighted by molar-refractivity contribution is 7.99. The van der Waals surface area contributed by atoms with Crippen molar-refractivity contribution in [1.82, 2.24) is 0 Å². The Labute approximate surface area is 161 Å². The van der Waals surface area contributed by atoms with Gasteiger partial charge < -0.3 is 5.11 Å². The minimum absolute atomic E-state index is 0.319. The van der Waals surface area contributed by atoms with Gasteiger partial charge in [0.05, 0.1) is 6.61 Å². The van der Waals surface area contributed by atoms with E-state index in [0.29, 0.717) is 6.61 Å². The zero-order valence-corrected chi connectivity index (χ0v) is 18.3. The van der Waals surface area contributed by atoms with Crippen LogP contribution in [-0.2, 0) is 6.42 Å². The molecule has 0 spiro atoms. The Kier molecular flexibility index (Phi) is 12.1. The molecular weight excluding hydrogens is 340 g/mol. The molecule has 0 saturated heterocycles. The first-order valence-electron chi connectivity index (χ1n) is 9.82. The van der Waals surface area contributed by atoms with E-state index < -0.39 is 8.07 Å². The van der Waals surface area contributed by atoms with Gasteiger partial charge in [-0.2, -0.15) is 11.8 Å². The molecule has 0 bridgehead atoms. The van der Waals surface area contributed by atoms with E-state index in [-0.39, 0.29) is 0 Å². The van der Waals surface area contributed by atoms with Gasteiger partial charge in [0.2, 0.25) is 0 Å². The molecule has 3 heteroatoms. The van der Waals surface area contributed by atoms with E-state index in [1.165, 1.54) is 62.7 Å². The SMILES string of the molecule is C[Si](C)(C)C#Cc1ccc(CCCCCCCCCSCCO)cc1. The molecule has 25 heavy (non-hydrogen) atoms. The van der Waals surface area contributed by atoms with Gasteiger partial charge >= 0.3 is 0 Å². The maximum Gasteiger partial charge on any atom is 0.129 e. The predicted molar refractivity (Wildman–Crippen MR) is 117 cm³/mol. The van der Waals surface area contributed by atoms with E-state index in [9.17, 15) is 0 Å². The van der Waals surface area contributed by atoms with E-state index in [2.05, 4.69) is 55.4 Å². The van der Waals surface area contributed by atoms with Crippen LogP contribution in [0.15, 0.2) is 24.3 Å². The molecule has 0 radical (unpaired) electrons. The number of hydrogen-bond acceptors (Lipinski definition) is 2. The molecular formula is C22H36OSSi. The summed E-state index contributed by atoms with van der Waals surface area (Å²) in [5, 5.41) is 8.71. The first kappa shape index (κ1) is 22.3. The number of thioether (sulfide) groups is 1. The van der Waals surface area contributed by atoms with Crippen LogP contribution in [0.4, 0.5) is 0 Å². The van der Waals surface area contributed by atoms with Gasteiger partial charge in [0.1, 0.15) is 8.07 Å². The minimum atomic E-state index is -1.27. The van der Waals surface area contributed by atoms with Crippen molar-refractivity contribution in [3.8, 4) is 11.5 Å². The molecule has 0 aliphatic rings. The average molecular weight is 377 g/mol. The lowest BCUT2D eigenvalue weighted by molar-refractivity contribution is 0.322. The molecule has 140 valence electrons. The molecule has 0 aliphatic heterocycles. The summed E-state index contributed by atoms with van der Waals surface area (Å²) in [7, 11) is -1.27. The van der Waals surface area contributed by atoms with Crippen LogP contribution in [0.25, 0.3) is 0 Å². The third-order valence-electron chi connectivity index (χ3n) is 4.03. The first-order chi connectivity index (χ1) is 12.0. The summed E-state index contributed by atoms with van der Waals surface area (Å²) in [6.07, 6.45) is 10.6. The number of hydrogen-bond donors (Lipinski definition) is 1. The predicted octanol–water partition coefficient (Wildman–Crippen LogP) is 5.91. The minimum Gasteiger partial charge on any atom is -0.396 e. The van der Waals surface area contributed by atoms with E-state index >= 15 is 0 Å². The largest absolute Gasteiger partial charge is 0.396 e. The highest BCUT2D eigenvalue weighted by Gasteiger charge is 2.07. The highest BCUT2D eigenvalue weighted by atomic mass is 32.2. The van der Waals surface area contributed by atoms with Crippen molar-refractivity contribution in [1.29, 1.82) is 0 Å². The molecule has 0 aromatic heterocycles. The second-order valence-electron chi connectivity index (χ2n) is 7.76. The molecule has 0 aliphatic carbocycles. The molecule has 1 nitrogen and oxygen atoms in total. The van der Waals surface area contributed by atoms with Crippen molar-refractivity contribution in [3.63, 3.8) is 0 Å². The second kappa shape index (κ2) is 13.5. The maximum atomic E-state index is 8.71. The van der Waals surface area contributed by atoms with Gasteiger partial charge in [-0.05, 0) is 42.7 Å². The van der Waals surface area contributed by atoms with Crippen molar-refractivity contribution in [3.05, 3.63) is 35.4 Å². The first-order valence-corrected chi connectivity index (χ1v) is 14.5. The number of rotatable bonds is 12. The van der Waals surface area contributed by atoms with Gasteiger partial charge in [-0.1, -0.05) is 69.8 Å². The third kappa shape index (κ3) is 13.2. The number of benzene rings is 1. The Morgan fingerprint density at radius 1 is 0.840 bits per heavy atom. The number of unbranched alkanes of at least 4 members (excludes halogenated alkanes) is 6. The van der Waals surface area contributed by atoms with Gasteiger partial charge in [0.15, 0.2) is 0 Å². The van der Waals surface area contributed by atoms with Crippen LogP contribution in [0.3, 0.4) is 0 Å². The average Bonchev–Trinajstić information content (AvgIpc) is 2.58. The summed E-state index contributed by atoms with van der Waals surface area (Å²) in [6.45, 7) is 7.17. The standard InChI is InChI=1S/C22H36OSSi/c1-25(2,3)20-16-22-14-12-21(13-15-22)11-9-7-5-4-6-8-10-18-24-19-17-23/h12-15,23H,4-11,17-19H2,1-3H3. The summed E-state index contributed by atoms with van der Waals surface area (Å²) in [5.41, 5.74) is 6.02. The molecule has 0 atom stereocenters. The van der Waals surface area contributed by atoms with Crippen LogP contribution >= 0.6 is 11.8 Å². The Hall–Kier alpha value is -0.693. The molecule has 1 aromatic carbocycles. The van der Waals surface area contributed by atoms with Gasteiger partial charge in [0, 0.05) is 11.3 Å². The third-order valence-corrected chi connectivity index (χ3v) is 5.95. The fourth-order valence-electron chi connectivity index (χ4n) is 2.60. The van der Waals surface area contributed by atoms with Crippen LogP contribution < -0.4 is 0 Å². The molecule has 1 rings (SSSR count). The van der Waals surface area contributed by atoms with Crippen LogP contribution in [0.5, 0.6) is 0 Å². The molecule has 0 heterocycles. The van der Waals surface area contributed by atoms with Gasteiger partial charge in [-0.15, -0.1) is 5.54 Å². The van der Waals surface area contributed by atoms with Gasteiger partial charge in [-0.3, -0.25) is 0 Å². The van der Waals surface area contributed by atoms with E-state index in [0.717, 1.165) is 11.3 Å². The quantitative estimate of drug-likeness (QED) is 0.278. The molecule has 0 fully saturated rings. The van der Waals surface area contributed by atoms with Crippen molar-refractivity contribution in [2.45, 2.75) is 71.0 Å². The monoisotopic (exact) mass is 376 g/mol. The Morgan fingerprint density at radius 3 is 2.04 bits per heavy atom. The number of aliphatic hydroxyl groups excluding tert-OH is 1. The molecule has 0 amide bonds. The Morgan fingerprint density at radius 2 is 1.44 bits per heavy atom. The lowest BCUT2D eigenvalue weighted by Crippen LogP contribution is -2.16. The fraction of sp³-hybridized carbons (Fsp3) is 0.636. The fourth-order valence-corrected chi connectivity index (χ4v) is 3.86. The molecule has 1 N–H and O–H groups in total. The van der Waals surface area contributed by atoms with E-state index in [1.807, 2.05) is 11.8 Å². The van der Waals surface area contributed by atoms with Crippen molar-refractivity contribution in [2.75, 3.05) is 18.1 Å². The normalized spacial score (nSPS) is 11.2. The van der Waals surface area contributed by atoms with Crippen LogP contribution in [0, 0.1) is 11.5 Å². The zero-order valence-electron chi connectivity index (χ0n) is 16.4. The lowest BCUT2D eigenvalue weighted by atomic mass is 10.0. The summed E-state index contributed by atoms with van der Waals surface area (Å²) >= 11 is 1.87. The van der Waals surface area contributed by atoms with Crippen molar-refractivity contribution in [2.24, 2.45) is 0 Å². The Balaban J connectivity index is 2.06. The summed E-state index contributed by atoms with van der Waals surface area (Å²) in [5.74, 6) is 5.42. The summed E-state index contributed by atoms with van der Waals surface area (Å²) in [4.78, 5) is 0. The summed E-state index contributed by atoms with van der Waals surface area (Å²) < 4.78 is 0. The number of aryl methyl sites for hydroxylation is 1. The summed E-state index contributed by atoms with van der Waals surface area (Å²) in [6, 6.07) is 8.85. The van der Waals surface area contributed by atoms with Crippen molar-refractivity contribution < 1.29 is 5.11 Å². The van der Waals surface area contributed by atoms with E-state index in [4.69, 9.17) is 5.11 Å². The topological polar surface area (TPSA) is 20.2 Å². The second-order valence-corrected chi connectivity index (χ2v) is 13.7. The van der Waals surface area contributed by atoms with Crippen molar-refractivity contribution >= 4 is 19.8 Å². The lowest BCUT2D eigenvalue weighted by Gasteiger charge is -2.04. The van der Waals surface area contributed by atoms with Gasteiger partial charge in [0.25, 0.3) is 0 Å². The van der Waals surface area contributed by atoms with Crippen LogP contribution in [0.1, 0.15) is 56.1 Å². The van der Waals surface area contributed by atoms with E-state index in [1.54, 1.807) is 0 Å². The maximum absolute atomic E-state index is 8.71. The van der Waals surface area contributed by atoms with Gasteiger partial charge in [-0.25, -0.2) is 0 Å². The highest BCUT2D eigenvalue weighted by Crippen LogP contribution is 2.13. The number of aliphatic hydroxyl groups is 1. The molecule has 1 aromatic rings.